The van der Waals surface area contributed by atoms with Crippen molar-refractivity contribution in [2.45, 2.75) is 37.5 Å². The Hall–Kier alpha value is -2.66. The van der Waals surface area contributed by atoms with Gasteiger partial charge in [0.1, 0.15) is 5.88 Å². The predicted molar refractivity (Wildman–Crippen MR) is 157 cm³/mol. The van der Waals surface area contributed by atoms with E-state index in [0.29, 0.717) is 16.5 Å². The lowest BCUT2D eigenvalue weighted by Crippen LogP contribution is -2.44. The minimum atomic E-state index is -3.82. The van der Waals surface area contributed by atoms with Crippen LogP contribution in [0.1, 0.15) is 31.7 Å². The highest BCUT2D eigenvalue weighted by Crippen LogP contribution is 2.35. The van der Waals surface area contributed by atoms with Gasteiger partial charge >= 0.3 is 0 Å². The summed E-state index contributed by atoms with van der Waals surface area (Å²) < 4.78 is 29.8. The van der Waals surface area contributed by atoms with E-state index in [-0.39, 0.29) is 16.7 Å². The van der Waals surface area contributed by atoms with Crippen LogP contribution in [-0.4, -0.2) is 63.3 Å². The van der Waals surface area contributed by atoms with Crippen molar-refractivity contribution in [3.05, 3.63) is 53.4 Å². The molecule has 2 heterocycles. The van der Waals surface area contributed by atoms with E-state index < -0.39 is 10.0 Å². The van der Waals surface area contributed by atoms with Crippen LogP contribution >= 0.6 is 22.9 Å². The van der Waals surface area contributed by atoms with Gasteiger partial charge < -0.3 is 15.1 Å². The molecular formula is C27H34ClN5O3S2. The van der Waals surface area contributed by atoms with Gasteiger partial charge in [-0.1, -0.05) is 38.0 Å². The molecule has 38 heavy (non-hydrogen) atoms. The number of nitrogens with one attached hydrogen (secondary N) is 2. The minimum Gasteiger partial charge on any atom is -0.367 e. The van der Waals surface area contributed by atoms with Crippen molar-refractivity contribution in [3.8, 4) is 11.3 Å². The molecular weight excluding hydrogens is 542 g/mol. The van der Waals surface area contributed by atoms with Crippen molar-refractivity contribution in [2.75, 3.05) is 54.0 Å². The number of aromatic nitrogens is 1. The second kappa shape index (κ2) is 12.9. The summed E-state index contributed by atoms with van der Waals surface area (Å²) in [5.41, 5.74) is 3.85. The molecule has 0 aliphatic carbocycles. The number of nitrogens with zero attached hydrogens (tertiary/aromatic N) is 3. The third-order valence-electron chi connectivity index (χ3n) is 6.56. The third-order valence-corrected chi connectivity index (χ3v) is 8.94. The molecule has 1 aromatic heterocycles. The summed E-state index contributed by atoms with van der Waals surface area (Å²) in [6.07, 6.45) is 4.34. The summed E-state index contributed by atoms with van der Waals surface area (Å²) >= 11 is 6.88. The third kappa shape index (κ3) is 7.25. The van der Waals surface area contributed by atoms with Crippen LogP contribution in [0.4, 0.5) is 16.5 Å². The van der Waals surface area contributed by atoms with Gasteiger partial charge in [0.15, 0.2) is 5.13 Å². The Balaban J connectivity index is 1.62. The lowest BCUT2D eigenvalue weighted by Gasteiger charge is -2.35. The normalized spacial score (nSPS) is 14.4. The maximum absolute atomic E-state index is 13.5. The van der Waals surface area contributed by atoms with Crippen molar-refractivity contribution < 1.29 is 13.2 Å². The number of carbonyl (C=O) groups is 1. The first kappa shape index (κ1) is 28.4. The standard InChI is InChI=1S/C27H34ClN5O3S2/c1-3-4-5-6-20-7-10-22(11-8-20)38(35,36)31-23-17-21(24-19-37-27(29-24)30-26(34)18-28)9-12-25(23)33-15-13-32(2)14-16-33/h7-12,17,19,31H,3-6,13-16,18H2,1-2H3,(H,29,30,34). The average molecular weight is 576 g/mol. The van der Waals surface area contributed by atoms with Gasteiger partial charge in [-0.05, 0) is 49.7 Å². The molecule has 0 saturated carbocycles. The van der Waals surface area contributed by atoms with Crippen molar-refractivity contribution >= 4 is 55.4 Å². The fraction of sp³-hybridized carbons (Fsp3) is 0.407. The van der Waals surface area contributed by atoms with Crippen LogP contribution in [0.5, 0.6) is 0 Å². The molecule has 0 atom stereocenters. The highest BCUT2D eigenvalue weighted by atomic mass is 35.5. The van der Waals surface area contributed by atoms with Gasteiger partial charge in [-0.25, -0.2) is 13.4 Å². The molecule has 0 unspecified atom stereocenters. The van der Waals surface area contributed by atoms with Gasteiger partial charge in [0.2, 0.25) is 5.91 Å². The summed E-state index contributed by atoms with van der Waals surface area (Å²) in [5, 5.41) is 4.92. The van der Waals surface area contributed by atoms with Gasteiger partial charge in [-0.15, -0.1) is 22.9 Å². The molecule has 0 radical (unpaired) electrons. The zero-order valence-corrected chi connectivity index (χ0v) is 24.1. The molecule has 0 spiro atoms. The first-order valence-corrected chi connectivity index (χ1v) is 15.7. The number of unbranched alkanes of at least 4 members (excludes halogenated alkanes) is 2. The highest BCUT2D eigenvalue weighted by Gasteiger charge is 2.22. The van der Waals surface area contributed by atoms with Gasteiger partial charge in [-0.2, -0.15) is 0 Å². The van der Waals surface area contributed by atoms with Crippen LogP contribution in [0.25, 0.3) is 11.3 Å². The van der Waals surface area contributed by atoms with Crippen molar-refractivity contribution in [3.63, 3.8) is 0 Å². The van der Waals surface area contributed by atoms with Crippen molar-refractivity contribution in [1.82, 2.24) is 9.88 Å². The largest absolute Gasteiger partial charge is 0.367 e. The number of benzene rings is 2. The summed E-state index contributed by atoms with van der Waals surface area (Å²) in [7, 11) is -1.73. The number of alkyl halides is 1. The predicted octanol–water partition coefficient (Wildman–Crippen LogP) is 5.27. The number of halogens is 1. The van der Waals surface area contributed by atoms with E-state index in [4.69, 9.17) is 11.6 Å². The number of piperazine rings is 1. The van der Waals surface area contributed by atoms with Crippen LogP contribution < -0.4 is 14.9 Å². The molecule has 1 aliphatic heterocycles. The molecule has 1 aliphatic rings. The zero-order valence-electron chi connectivity index (χ0n) is 21.7. The Bertz CT molecular complexity index is 1340. The Morgan fingerprint density at radius 1 is 1.08 bits per heavy atom. The maximum atomic E-state index is 13.5. The van der Waals surface area contributed by atoms with E-state index >= 15 is 0 Å². The zero-order chi connectivity index (χ0) is 27.1. The number of rotatable bonds is 11. The molecule has 3 aromatic rings. The van der Waals surface area contributed by atoms with E-state index in [2.05, 4.69) is 38.8 Å². The van der Waals surface area contributed by atoms with Gasteiger partial charge in [0, 0.05) is 37.1 Å². The number of anilines is 3. The summed E-state index contributed by atoms with van der Waals surface area (Å²) in [6, 6.07) is 12.8. The summed E-state index contributed by atoms with van der Waals surface area (Å²) in [5.74, 6) is -0.483. The van der Waals surface area contributed by atoms with Crippen molar-refractivity contribution in [2.24, 2.45) is 0 Å². The molecule has 1 amide bonds. The lowest BCUT2D eigenvalue weighted by molar-refractivity contribution is -0.113. The number of amides is 1. The van der Waals surface area contributed by atoms with Gasteiger partial charge in [0.05, 0.1) is 22.0 Å². The molecule has 1 fully saturated rings. The Labute approximate surface area is 234 Å². The van der Waals surface area contributed by atoms with E-state index in [0.717, 1.165) is 68.7 Å². The van der Waals surface area contributed by atoms with Crippen LogP contribution in [0.2, 0.25) is 0 Å². The maximum Gasteiger partial charge on any atom is 0.261 e. The average Bonchev–Trinajstić information content (AvgIpc) is 3.38. The van der Waals surface area contributed by atoms with E-state index in [9.17, 15) is 13.2 Å². The minimum absolute atomic E-state index is 0.152. The number of aryl methyl sites for hydroxylation is 1. The van der Waals surface area contributed by atoms with E-state index in [1.165, 1.54) is 11.3 Å². The first-order valence-electron chi connectivity index (χ1n) is 12.8. The van der Waals surface area contributed by atoms with Gasteiger partial charge in [0.25, 0.3) is 10.0 Å². The topological polar surface area (TPSA) is 94.6 Å². The summed E-state index contributed by atoms with van der Waals surface area (Å²) in [4.78, 5) is 20.8. The molecule has 2 aromatic carbocycles. The van der Waals surface area contributed by atoms with Crippen LogP contribution in [0.3, 0.4) is 0 Å². The molecule has 204 valence electrons. The highest BCUT2D eigenvalue weighted by molar-refractivity contribution is 7.92. The molecule has 1 saturated heterocycles. The number of thiazole rings is 1. The lowest BCUT2D eigenvalue weighted by atomic mass is 10.1. The second-order valence-electron chi connectivity index (χ2n) is 9.45. The molecule has 11 heteroatoms. The van der Waals surface area contributed by atoms with Crippen LogP contribution in [0.15, 0.2) is 52.7 Å². The number of sulfonamides is 1. The fourth-order valence-electron chi connectivity index (χ4n) is 4.33. The SMILES string of the molecule is CCCCCc1ccc(S(=O)(=O)Nc2cc(-c3csc(NC(=O)CCl)n3)ccc2N2CCN(C)CC2)cc1. The second-order valence-corrected chi connectivity index (χ2v) is 12.3. The Kier molecular flexibility index (Phi) is 9.64. The number of hydrogen-bond donors (Lipinski definition) is 2. The molecule has 8 nitrogen and oxygen atoms in total. The number of likely N-dealkylation sites (N-methyl/N-ethyl adjacent to an activating group) is 1. The quantitative estimate of drug-likeness (QED) is 0.239. The molecule has 0 bridgehead atoms. The summed E-state index contributed by atoms with van der Waals surface area (Å²) in [6.45, 7) is 5.54. The van der Waals surface area contributed by atoms with E-state index in [1.807, 2.05) is 35.7 Å². The van der Waals surface area contributed by atoms with Crippen LogP contribution in [0, 0.1) is 0 Å². The smallest absolute Gasteiger partial charge is 0.261 e. The Morgan fingerprint density at radius 2 is 1.82 bits per heavy atom. The molecule has 4 rings (SSSR count). The van der Waals surface area contributed by atoms with Gasteiger partial charge in [-0.3, -0.25) is 9.52 Å². The van der Waals surface area contributed by atoms with Crippen molar-refractivity contribution in [1.29, 1.82) is 0 Å². The number of carbonyl (C=O) groups excluding carboxylic acids is 1. The monoisotopic (exact) mass is 575 g/mol. The molecule has 2 N–H and O–H groups in total. The fourth-order valence-corrected chi connectivity index (χ4v) is 6.20. The number of hydrogen-bond acceptors (Lipinski definition) is 7. The Morgan fingerprint density at radius 3 is 2.50 bits per heavy atom. The van der Waals surface area contributed by atoms with E-state index in [1.54, 1.807) is 12.1 Å². The van der Waals surface area contributed by atoms with Crippen LogP contribution in [-0.2, 0) is 21.2 Å². The first-order chi connectivity index (χ1) is 18.3.